The van der Waals surface area contributed by atoms with E-state index in [1.165, 1.54) is 42.5 Å². The van der Waals surface area contributed by atoms with Gasteiger partial charge in [-0.3, -0.25) is 9.59 Å². The van der Waals surface area contributed by atoms with Crippen LogP contribution in [0, 0.1) is 11.6 Å². The van der Waals surface area contributed by atoms with Crippen LogP contribution in [0.3, 0.4) is 0 Å². The minimum Gasteiger partial charge on any atom is -0.486 e. The van der Waals surface area contributed by atoms with Crippen molar-refractivity contribution in [2.75, 3.05) is 6.54 Å². The maximum absolute atomic E-state index is 14.0. The third kappa shape index (κ3) is 5.73. The van der Waals surface area contributed by atoms with Crippen LogP contribution >= 0.6 is 11.3 Å². The van der Waals surface area contributed by atoms with Crippen molar-refractivity contribution in [2.45, 2.75) is 32.5 Å². The first-order chi connectivity index (χ1) is 18.4. The van der Waals surface area contributed by atoms with E-state index in [1.54, 1.807) is 28.5 Å². The summed E-state index contributed by atoms with van der Waals surface area (Å²) in [5, 5.41) is 5.07. The van der Waals surface area contributed by atoms with Gasteiger partial charge in [-0.05, 0) is 65.1 Å². The normalized spacial score (nSPS) is 14.6. The monoisotopic (exact) mass is 533 g/mol. The number of benzene rings is 3. The average Bonchev–Trinajstić information content (AvgIpc) is 3.40. The van der Waals surface area contributed by atoms with Gasteiger partial charge in [-0.1, -0.05) is 30.3 Å². The summed E-state index contributed by atoms with van der Waals surface area (Å²) in [6.07, 6.45) is 0.698. The molecule has 2 heterocycles. The fourth-order valence-electron chi connectivity index (χ4n) is 4.56. The molecule has 2 amide bonds. The zero-order valence-electron chi connectivity index (χ0n) is 20.6. The lowest BCUT2D eigenvalue weighted by atomic mass is 9.88. The molecule has 1 aromatic heterocycles. The number of aromatic nitrogens is 1. The lowest BCUT2D eigenvalue weighted by Gasteiger charge is -2.37. The number of rotatable bonds is 7. The Kier molecular flexibility index (Phi) is 7.46. The van der Waals surface area contributed by atoms with E-state index in [9.17, 15) is 18.4 Å². The number of hydrogen-bond donors (Lipinski definition) is 1. The Balaban J connectivity index is 1.28. The van der Waals surface area contributed by atoms with Crippen molar-refractivity contribution >= 4 is 23.2 Å². The number of nitrogens with one attached hydrogen (secondary N) is 1. The Labute approximate surface area is 222 Å². The Bertz CT molecular complexity index is 1470. The van der Waals surface area contributed by atoms with Gasteiger partial charge in [0.15, 0.2) is 0 Å². The van der Waals surface area contributed by atoms with Crippen molar-refractivity contribution < 1.29 is 23.1 Å². The average molecular weight is 534 g/mol. The molecule has 3 aromatic carbocycles. The molecule has 38 heavy (non-hydrogen) atoms. The number of carbonyl (C=O) groups excluding carboxylic acids is 2. The van der Waals surface area contributed by atoms with Crippen LogP contribution < -0.4 is 10.1 Å². The minimum atomic E-state index is -0.410. The Hall–Kier alpha value is -4.11. The van der Waals surface area contributed by atoms with Crippen molar-refractivity contribution in [1.29, 1.82) is 0 Å². The van der Waals surface area contributed by atoms with Gasteiger partial charge in [-0.2, -0.15) is 0 Å². The number of thiazole rings is 1. The molecule has 0 spiro atoms. The number of ether oxygens (including phenoxy) is 1. The van der Waals surface area contributed by atoms with E-state index in [1.807, 2.05) is 24.3 Å². The molecule has 1 unspecified atom stereocenters. The molecule has 1 atom stereocenters. The van der Waals surface area contributed by atoms with Gasteiger partial charge in [-0.15, -0.1) is 11.3 Å². The molecular formula is C29H25F2N3O3S. The fraction of sp³-hybridized carbons (Fsp3) is 0.207. The van der Waals surface area contributed by atoms with Crippen molar-refractivity contribution in [3.05, 3.63) is 117 Å². The van der Waals surface area contributed by atoms with E-state index in [4.69, 9.17) is 4.74 Å². The topological polar surface area (TPSA) is 71.5 Å². The highest BCUT2D eigenvalue weighted by atomic mass is 32.1. The van der Waals surface area contributed by atoms with Crippen LogP contribution in [0.1, 0.15) is 50.7 Å². The maximum Gasteiger partial charge on any atom is 0.271 e. The van der Waals surface area contributed by atoms with E-state index in [0.717, 1.165) is 16.7 Å². The van der Waals surface area contributed by atoms with Crippen molar-refractivity contribution in [3.63, 3.8) is 0 Å². The molecule has 5 rings (SSSR count). The molecular weight excluding hydrogens is 508 g/mol. The van der Waals surface area contributed by atoms with Gasteiger partial charge in [0, 0.05) is 25.4 Å². The van der Waals surface area contributed by atoms with Crippen LogP contribution in [0.25, 0.3) is 0 Å². The molecule has 194 valence electrons. The fourth-order valence-corrected chi connectivity index (χ4v) is 5.25. The second-order valence-corrected chi connectivity index (χ2v) is 9.95. The summed E-state index contributed by atoms with van der Waals surface area (Å²) >= 11 is 1.31. The van der Waals surface area contributed by atoms with Gasteiger partial charge < -0.3 is 15.0 Å². The molecule has 0 saturated heterocycles. The molecule has 0 radical (unpaired) electrons. The Morgan fingerprint density at radius 3 is 2.66 bits per heavy atom. The molecule has 9 heteroatoms. The van der Waals surface area contributed by atoms with Gasteiger partial charge >= 0.3 is 0 Å². The molecule has 0 fully saturated rings. The highest BCUT2D eigenvalue weighted by Crippen LogP contribution is 2.37. The third-order valence-corrected chi connectivity index (χ3v) is 7.25. The first kappa shape index (κ1) is 25.5. The van der Waals surface area contributed by atoms with Gasteiger partial charge in [0.25, 0.3) is 5.91 Å². The lowest BCUT2D eigenvalue weighted by Crippen LogP contribution is -2.39. The smallest absolute Gasteiger partial charge is 0.271 e. The first-order valence-electron chi connectivity index (χ1n) is 12.1. The van der Waals surface area contributed by atoms with Crippen LogP contribution in [-0.4, -0.2) is 28.2 Å². The number of hydrogen-bond acceptors (Lipinski definition) is 5. The standard InChI is InChI=1S/C29H25F2N3O3S/c1-18(35)34-12-11-20-7-10-24(14-25(20)28(34)21-3-2-4-23(31)13-21)37-16-27-33-26(17-38-27)29(36)32-15-19-5-8-22(30)9-6-19/h2-10,13-14,17,28H,11-12,15-16H2,1H3,(H,32,36). The minimum absolute atomic E-state index is 0.0794. The van der Waals surface area contributed by atoms with E-state index in [-0.39, 0.29) is 42.3 Å². The van der Waals surface area contributed by atoms with Crippen LogP contribution in [0.4, 0.5) is 8.78 Å². The summed E-state index contributed by atoms with van der Waals surface area (Å²) in [6, 6.07) is 17.6. The summed E-state index contributed by atoms with van der Waals surface area (Å²) in [5.41, 5.74) is 3.75. The highest BCUT2D eigenvalue weighted by Gasteiger charge is 2.31. The Morgan fingerprint density at radius 2 is 1.89 bits per heavy atom. The molecule has 0 saturated carbocycles. The summed E-state index contributed by atoms with van der Waals surface area (Å²) in [6.45, 7) is 2.50. The van der Waals surface area contributed by atoms with Gasteiger partial charge in [0.1, 0.15) is 34.7 Å². The van der Waals surface area contributed by atoms with Crippen LogP contribution in [0.2, 0.25) is 0 Å². The highest BCUT2D eigenvalue weighted by molar-refractivity contribution is 7.09. The number of fused-ring (bicyclic) bond motifs is 1. The van der Waals surface area contributed by atoms with E-state index in [2.05, 4.69) is 10.3 Å². The SMILES string of the molecule is CC(=O)N1CCc2ccc(OCc3nc(C(=O)NCc4ccc(F)cc4)cs3)cc2C1c1cccc(F)c1. The van der Waals surface area contributed by atoms with Crippen molar-refractivity contribution in [2.24, 2.45) is 0 Å². The molecule has 1 N–H and O–H groups in total. The number of halogens is 2. The largest absolute Gasteiger partial charge is 0.486 e. The number of carbonyl (C=O) groups is 2. The van der Waals surface area contributed by atoms with Crippen LogP contribution in [0.5, 0.6) is 5.75 Å². The van der Waals surface area contributed by atoms with Gasteiger partial charge in [0.05, 0.1) is 6.04 Å². The number of nitrogens with zero attached hydrogens (tertiary/aromatic N) is 2. The van der Waals surface area contributed by atoms with E-state index in [0.29, 0.717) is 29.3 Å². The predicted octanol–water partition coefficient (Wildman–Crippen LogP) is 5.42. The van der Waals surface area contributed by atoms with Crippen LogP contribution in [-0.2, 0) is 24.4 Å². The zero-order valence-corrected chi connectivity index (χ0v) is 21.4. The van der Waals surface area contributed by atoms with E-state index >= 15 is 0 Å². The maximum atomic E-state index is 14.0. The van der Waals surface area contributed by atoms with Crippen molar-refractivity contribution in [1.82, 2.24) is 15.2 Å². The molecule has 0 bridgehead atoms. The second-order valence-electron chi connectivity index (χ2n) is 9.00. The quantitative estimate of drug-likeness (QED) is 0.344. The molecule has 1 aliphatic heterocycles. The second kappa shape index (κ2) is 11.1. The molecule has 6 nitrogen and oxygen atoms in total. The lowest BCUT2D eigenvalue weighted by molar-refractivity contribution is -0.130. The Morgan fingerprint density at radius 1 is 1.08 bits per heavy atom. The molecule has 4 aromatic rings. The van der Waals surface area contributed by atoms with Gasteiger partial charge in [0.2, 0.25) is 5.91 Å². The molecule has 0 aliphatic carbocycles. The summed E-state index contributed by atoms with van der Waals surface area (Å²) in [7, 11) is 0. The van der Waals surface area contributed by atoms with Crippen molar-refractivity contribution in [3.8, 4) is 5.75 Å². The van der Waals surface area contributed by atoms with Gasteiger partial charge in [-0.25, -0.2) is 13.8 Å². The summed E-state index contributed by atoms with van der Waals surface area (Å²) in [5.74, 6) is -0.499. The number of amides is 2. The first-order valence-corrected chi connectivity index (χ1v) is 13.0. The zero-order chi connectivity index (χ0) is 26.6. The summed E-state index contributed by atoms with van der Waals surface area (Å²) < 4.78 is 33.1. The van der Waals surface area contributed by atoms with E-state index < -0.39 is 6.04 Å². The van der Waals surface area contributed by atoms with Crippen LogP contribution in [0.15, 0.2) is 72.1 Å². The third-order valence-electron chi connectivity index (χ3n) is 6.43. The predicted molar refractivity (Wildman–Crippen MR) is 140 cm³/mol. The summed E-state index contributed by atoms with van der Waals surface area (Å²) in [4.78, 5) is 31.0. The molecule has 1 aliphatic rings.